The van der Waals surface area contributed by atoms with Gasteiger partial charge in [0.25, 0.3) is 5.91 Å². The second kappa shape index (κ2) is 6.57. The highest BCUT2D eigenvalue weighted by Crippen LogP contribution is 2.38. The molecule has 9 nitrogen and oxygen atoms in total. The third-order valence-electron chi connectivity index (χ3n) is 5.49. The van der Waals surface area contributed by atoms with E-state index in [1.807, 2.05) is 17.0 Å². The van der Waals surface area contributed by atoms with Crippen LogP contribution in [0.3, 0.4) is 0 Å². The molecule has 9 heteroatoms. The van der Waals surface area contributed by atoms with Gasteiger partial charge in [0.15, 0.2) is 11.5 Å². The first kappa shape index (κ1) is 17.2. The Labute approximate surface area is 161 Å². The molecule has 0 aromatic carbocycles. The van der Waals surface area contributed by atoms with E-state index in [0.29, 0.717) is 48.5 Å². The molecule has 0 bridgehead atoms. The number of aryl methyl sites for hydroxylation is 2. The molecule has 1 saturated heterocycles. The molecular weight excluding hydrogens is 360 g/mol. The fourth-order valence-corrected chi connectivity index (χ4v) is 3.76. The topological polar surface area (TPSA) is 98.7 Å². The molecule has 3 aromatic rings. The first-order chi connectivity index (χ1) is 13.6. The summed E-state index contributed by atoms with van der Waals surface area (Å²) < 4.78 is 12.8. The number of amides is 1. The zero-order chi connectivity index (χ0) is 19.3. The van der Waals surface area contributed by atoms with Crippen molar-refractivity contribution in [2.45, 2.75) is 39.0 Å². The number of fused-ring (bicyclic) bond motifs is 1. The van der Waals surface area contributed by atoms with E-state index >= 15 is 0 Å². The number of carbonyl (C=O) groups is 1. The molecule has 4 heterocycles. The molecule has 0 spiro atoms. The zero-order valence-electron chi connectivity index (χ0n) is 16.0. The van der Waals surface area contributed by atoms with Gasteiger partial charge in [0.05, 0.1) is 12.3 Å². The smallest absolute Gasteiger partial charge is 0.259 e. The summed E-state index contributed by atoms with van der Waals surface area (Å²) >= 11 is 0. The Morgan fingerprint density at radius 2 is 2.11 bits per heavy atom. The molecule has 1 aliphatic carbocycles. The highest BCUT2D eigenvalue weighted by molar-refractivity contribution is 5.96. The van der Waals surface area contributed by atoms with Crippen molar-refractivity contribution < 1.29 is 14.1 Å². The number of rotatable bonds is 5. The van der Waals surface area contributed by atoms with Gasteiger partial charge in [0.1, 0.15) is 11.3 Å². The molecule has 2 aliphatic rings. The lowest BCUT2D eigenvalue weighted by Gasteiger charge is -2.16. The first-order valence-electron chi connectivity index (χ1n) is 9.67. The zero-order valence-corrected chi connectivity index (χ0v) is 16.0. The van der Waals surface area contributed by atoms with E-state index in [2.05, 4.69) is 20.5 Å². The Kier molecular flexibility index (Phi) is 4.03. The second-order valence-electron chi connectivity index (χ2n) is 7.69. The number of likely N-dealkylation sites (tertiary alicyclic amines) is 1. The SMILES string of the molecule is Cc1noc(C)c1C(=O)N1CCC(COc2ccc3nnc(C4CC4)n3n2)C1. The van der Waals surface area contributed by atoms with Crippen LogP contribution in [-0.4, -0.2) is 55.5 Å². The van der Waals surface area contributed by atoms with E-state index in [4.69, 9.17) is 9.26 Å². The molecule has 1 aliphatic heterocycles. The summed E-state index contributed by atoms with van der Waals surface area (Å²) in [5.74, 6) is 2.77. The fourth-order valence-electron chi connectivity index (χ4n) is 3.76. The van der Waals surface area contributed by atoms with Gasteiger partial charge in [-0.15, -0.1) is 15.3 Å². The normalized spacial score (nSPS) is 19.5. The number of nitrogens with zero attached hydrogens (tertiary/aromatic N) is 6. The highest BCUT2D eigenvalue weighted by Gasteiger charge is 2.31. The van der Waals surface area contributed by atoms with Crippen LogP contribution >= 0.6 is 0 Å². The molecule has 2 fully saturated rings. The summed E-state index contributed by atoms with van der Waals surface area (Å²) in [6.45, 7) is 5.45. The van der Waals surface area contributed by atoms with Gasteiger partial charge in [-0.25, -0.2) is 0 Å². The Hall–Kier alpha value is -2.97. The predicted octanol–water partition coefficient (Wildman–Crippen LogP) is 2.15. The Balaban J connectivity index is 1.23. The van der Waals surface area contributed by atoms with Crippen LogP contribution in [0, 0.1) is 19.8 Å². The average Bonchev–Trinajstić information content (AvgIpc) is 3.13. The summed E-state index contributed by atoms with van der Waals surface area (Å²) in [7, 11) is 0. The third-order valence-corrected chi connectivity index (χ3v) is 5.49. The Bertz CT molecular complexity index is 1020. The third kappa shape index (κ3) is 3.00. The van der Waals surface area contributed by atoms with E-state index < -0.39 is 0 Å². The van der Waals surface area contributed by atoms with Crippen LogP contribution in [0.4, 0.5) is 0 Å². The quantitative estimate of drug-likeness (QED) is 0.667. The lowest BCUT2D eigenvalue weighted by atomic mass is 10.1. The number of hydrogen-bond acceptors (Lipinski definition) is 7. The standard InChI is InChI=1S/C19H22N6O3/c1-11-17(12(2)28-23-11)19(26)24-8-7-13(9-24)10-27-16-6-5-15-20-21-18(14-3-4-14)25(15)22-16/h5-6,13-14H,3-4,7-10H2,1-2H3. The Morgan fingerprint density at radius 3 is 2.86 bits per heavy atom. The van der Waals surface area contributed by atoms with Crippen LogP contribution in [0.1, 0.15) is 52.8 Å². The lowest BCUT2D eigenvalue weighted by molar-refractivity contribution is 0.0780. The van der Waals surface area contributed by atoms with E-state index in [9.17, 15) is 4.79 Å². The minimum absolute atomic E-state index is 0.0168. The van der Waals surface area contributed by atoms with E-state index in [-0.39, 0.29) is 11.8 Å². The summed E-state index contributed by atoms with van der Waals surface area (Å²) in [5.41, 5.74) is 1.96. The number of aromatic nitrogens is 5. The lowest BCUT2D eigenvalue weighted by Crippen LogP contribution is -2.30. The molecule has 28 heavy (non-hydrogen) atoms. The maximum absolute atomic E-state index is 12.7. The molecule has 1 saturated carbocycles. The predicted molar refractivity (Wildman–Crippen MR) is 98.2 cm³/mol. The molecule has 1 unspecified atom stereocenters. The minimum Gasteiger partial charge on any atom is -0.476 e. The minimum atomic E-state index is -0.0168. The maximum atomic E-state index is 12.7. The molecule has 1 amide bonds. The molecule has 146 valence electrons. The molecule has 1 atom stereocenters. The number of ether oxygens (including phenoxy) is 1. The fraction of sp³-hybridized carbons (Fsp3) is 0.526. The van der Waals surface area contributed by atoms with Crippen molar-refractivity contribution in [3.05, 3.63) is 35.0 Å². The molecule has 5 rings (SSSR count). The van der Waals surface area contributed by atoms with E-state index in [0.717, 1.165) is 30.7 Å². The van der Waals surface area contributed by atoms with Gasteiger partial charge in [-0.2, -0.15) is 4.52 Å². The van der Waals surface area contributed by atoms with Crippen LogP contribution in [0.2, 0.25) is 0 Å². The largest absolute Gasteiger partial charge is 0.476 e. The maximum Gasteiger partial charge on any atom is 0.259 e. The van der Waals surface area contributed by atoms with Crippen molar-refractivity contribution in [2.75, 3.05) is 19.7 Å². The van der Waals surface area contributed by atoms with Crippen LogP contribution in [-0.2, 0) is 0 Å². The van der Waals surface area contributed by atoms with Crippen molar-refractivity contribution in [1.82, 2.24) is 29.9 Å². The summed E-state index contributed by atoms with van der Waals surface area (Å²) in [6.07, 6.45) is 3.19. The number of carbonyl (C=O) groups excluding carboxylic acids is 1. The van der Waals surface area contributed by atoms with Gasteiger partial charge in [-0.3, -0.25) is 4.79 Å². The Morgan fingerprint density at radius 1 is 1.25 bits per heavy atom. The second-order valence-corrected chi connectivity index (χ2v) is 7.69. The van der Waals surface area contributed by atoms with Crippen molar-refractivity contribution in [3.63, 3.8) is 0 Å². The van der Waals surface area contributed by atoms with Gasteiger partial charge >= 0.3 is 0 Å². The summed E-state index contributed by atoms with van der Waals surface area (Å²) in [5, 5.41) is 16.8. The monoisotopic (exact) mass is 382 g/mol. The van der Waals surface area contributed by atoms with Crippen LogP contribution in [0.5, 0.6) is 5.88 Å². The summed E-state index contributed by atoms with van der Waals surface area (Å²) in [6, 6.07) is 3.70. The van der Waals surface area contributed by atoms with Crippen molar-refractivity contribution >= 4 is 11.6 Å². The van der Waals surface area contributed by atoms with Gasteiger partial charge < -0.3 is 14.2 Å². The van der Waals surface area contributed by atoms with E-state index in [1.165, 1.54) is 0 Å². The molecular formula is C19H22N6O3. The average molecular weight is 382 g/mol. The van der Waals surface area contributed by atoms with Gasteiger partial charge in [-0.1, -0.05) is 5.16 Å². The van der Waals surface area contributed by atoms with Gasteiger partial charge in [0, 0.05) is 31.0 Å². The van der Waals surface area contributed by atoms with Crippen LogP contribution in [0.25, 0.3) is 5.65 Å². The van der Waals surface area contributed by atoms with Crippen LogP contribution in [0.15, 0.2) is 16.7 Å². The van der Waals surface area contributed by atoms with Crippen molar-refractivity contribution in [1.29, 1.82) is 0 Å². The van der Waals surface area contributed by atoms with Crippen LogP contribution < -0.4 is 4.74 Å². The molecule has 3 aromatic heterocycles. The molecule has 0 radical (unpaired) electrons. The highest BCUT2D eigenvalue weighted by atomic mass is 16.5. The summed E-state index contributed by atoms with van der Waals surface area (Å²) in [4.78, 5) is 14.6. The van der Waals surface area contributed by atoms with Gasteiger partial charge in [0.2, 0.25) is 5.88 Å². The van der Waals surface area contributed by atoms with E-state index in [1.54, 1.807) is 18.4 Å². The van der Waals surface area contributed by atoms with Crippen molar-refractivity contribution in [2.24, 2.45) is 5.92 Å². The van der Waals surface area contributed by atoms with Gasteiger partial charge in [-0.05, 0) is 39.2 Å². The number of hydrogen-bond donors (Lipinski definition) is 0. The first-order valence-corrected chi connectivity index (χ1v) is 9.67. The molecule has 0 N–H and O–H groups in total. The van der Waals surface area contributed by atoms with Crippen molar-refractivity contribution in [3.8, 4) is 5.88 Å².